The highest BCUT2D eigenvalue weighted by Crippen LogP contribution is 2.31. The summed E-state index contributed by atoms with van der Waals surface area (Å²) in [7, 11) is 0. The van der Waals surface area contributed by atoms with E-state index < -0.39 is 12.0 Å². The maximum absolute atomic E-state index is 12.2. The average molecular weight is 364 g/mol. The van der Waals surface area contributed by atoms with Crippen molar-refractivity contribution < 1.29 is 19.9 Å². The van der Waals surface area contributed by atoms with Crippen molar-refractivity contribution >= 4 is 22.8 Å². The lowest BCUT2D eigenvalue weighted by Crippen LogP contribution is -2.36. The summed E-state index contributed by atoms with van der Waals surface area (Å²) >= 11 is 0. The molecule has 1 aliphatic rings. The van der Waals surface area contributed by atoms with Gasteiger partial charge in [-0.15, -0.1) is 0 Å². The largest absolute Gasteiger partial charge is 0.465 e. The Kier molecular flexibility index (Phi) is 4.17. The molecule has 27 heavy (non-hydrogen) atoms. The summed E-state index contributed by atoms with van der Waals surface area (Å²) in [5.74, 6) is -0.756. The molecular weight excluding hydrogens is 348 g/mol. The van der Waals surface area contributed by atoms with Crippen LogP contribution in [0.3, 0.4) is 0 Å². The quantitative estimate of drug-likeness (QED) is 0.475. The summed E-state index contributed by atoms with van der Waals surface area (Å²) in [6, 6.07) is 13.3. The molecule has 2 aromatic carbocycles. The number of carboxylic acid groups (broad SMARTS) is 1. The predicted octanol–water partition coefficient (Wildman–Crippen LogP) is 2.45. The van der Waals surface area contributed by atoms with Crippen LogP contribution >= 0.6 is 0 Å². The van der Waals surface area contributed by atoms with Crippen molar-refractivity contribution in [1.29, 1.82) is 0 Å². The molecule has 0 unspecified atom stereocenters. The fourth-order valence-corrected chi connectivity index (χ4v) is 3.33. The van der Waals surface area contributed by atoms with Gasteiger partial charge in [0.2, 0.25) is 0 Å². The molecule has 3 aromatic rings. The van der Waals surface area contributed by atoms with E-state index in [0.717, 1.165) is 10.8 Å². The monoisotopic (exact) mass is 364 g/mol. The fraction of sp³-hybridized carbons (Fsp3) is 0.158. The van der Waals surface area contributed by atoms with E-state index in [2.05, 4.69) is 9.97 Å². The van der Waals surface area contributed by atoms with Crippen LogP contribution in [0, 0.1) is 0 Å². The molecule has 2 amide bonds. The standard InChI is InChI=1S/C19H16N4O4/c24-18(22-27)17-16(13-7-3-5-11-4-1-2-6-12(11)13)21-15-10-23(19(25)26)9-8-14(15)20-17/h1-7,27H,8-10H2,(H,22,24)(H,25,26). The summed E-state index contributed by atoms with van der Waals surface area (Å²) in [5.41, 5.74) is 3.72. The summed E-state index contributed by atoms with van der Waals surface area (Å²) < 4.78 is 0. The summed E-state index contributed by atoms with van der Waals surface area (Å²) in [6.45, 7) is 0.390. The van der Waals surface area contributed by atoms with Gasteiger partial charge in [0.1, 0.15) is 5.69 Å². The third-order valence-corrected chi connectivity index (χ3v) is 4.64. The summed E-state index contributed by atoms with van der Waals surface area (Å²) in [5, 5.41) is 20.2. The van der Waals surface area contributed by atoms with Crippen molar-refractivity contribution in [3.8, 4) is 11.3 Å². The van der Waals surface area contributed by atoms with Gasteiger partial charge >= 0.3 is 6.09 Å². The molecular formula is C19H16N4O4. The first-order chi connectivity index (χ1) is 13.1. The Labute approximate surface area is 154 Å². The van der Waals surface area contributed by atoms with E-state index in [1.54, 1.807) is 5.48 Å². The second-order valence-electron chi connectivity index (χ2n) is 6.24. The Morgan fingerprint density at radius 2 is 1.81 bits per heavy atom. The number of hydrogen-bond donors (Lipinski definition) is 3. The molecule has 8 nitrogen and oxygen atoms in total. The first-order valence-electron chi connectivity index (χ1n) is 8.38. The number of hydroxylamine groups is 1. The van der Waals surface area contributed by atoms with Gasteiger partial charge in [-0.25, -0.2) is 20.2 Å². The van der Waals surface area contributed by atoms with Crippen molar-refractivity contribution in [2.45, 2.75) is 13.0 Å². The molecule has 0 bridgehead atoms. The van der Waals surface area contributed by atoms with Gasteiger partial charge in [-0.2, -0.15) is 0 Å². The zero-order valence-electron chi connectivity index (χ0n) is 14.2. The van der Waals surface area contributed by atoms with Crippen LogP contribution < -0.4 is 5.48 Å². The van der Waals surface area contributed by atoms with Gasteiger partial charge in [-0.3, -0.25) is 10.0 Å². The molecule has 0 saturated carbocycles. The molecule has 3 N–H and O–H groups in total. The zero-order valence-corrected chi connectivity index (χ0v) is 14.2. The van der Waals surface area contributed by atoms with Gasteiger partial charge < -0.3 is 10.0 Å². The van der Waals surface area contributed by atoms with Crippen LogP contribution in [0.1, 0.15) is 21.9 Å². The number of carbonyl (C=O) groups is 2. The first kappa shape index (κ1) is 16.9. The number of rotatable bonds is 2. The van der Waals surface area contributed by atoms with Crippen LogP contribution in [0.4, 0.5) is 4.79 Å². The van der Waals surface area contributed by atoms with Gasteiger partial charge in [0.15, 0.2) is 5.69 Å². The smallest absolute Gasteiger partial charge is 0.407 e. The number of hydrogen-bond acceptors (Lipinski definition) is 5. The minimum absolute atomic E-state index is 0.0105. The molecule has 0 aliphatic carbocycles. The number of aromatic nitrogens is 2. The van der Waals surface area contributed by atoms with E-state index in [1.807, 2.05) is 42.5 Å². The Bertz CT molecular complexity index is 1060. The number of carbonyl (C=O) groups excluding carboxylic acids is 1. The highest BCUT2D eigenvalue weighted by atomic mass is 16.5. The third-order valence-electron chi connectivity index (χ3n) is 4.64. The molecule has 8 heteroatoms. The number of benzene rings is 2. The van der Waals surface area contributed by atoms with Gasteiger partial charge in [0, 0.05) is 18.5 Å². The highest BCUT2D eigenvalue weighted by Gasteiger charge is 2.27. The molecule has 0 radical (unpaired) electrons. The molecule has 4 rings (SSSR count). The lowest BCUT2D eigenvalue weighted by Gasteiger charge is -2.26. The first-order valence-corrected chi connectivity index (χ1v) is 8.38. The number of fused-ring (bicyclic) bond motifs is 2. The van der Waals surface area contributed by atoms with E-state index in [0.29, 0.717) is 29.1 Å². The summed E-state index contributed by atoms with van der Waals surface area (Å²) in [6.07, 6.45) is -0.665. The highest BCUT2D eigenvalue weighted by molar-refractivity contribution is 6.03. The van der Waals surface area contributed by atoms with Gasteiger partial charge in [-0.1, -0.05) is 42.5 Å². The van der Waals surface area contributed by atoms with Crippen molar-refractivity contribution in [3.63, 3.8) is 0 Å². The second-order valence-corrected chi connectivity index (χ2v) is 6.24. The Balaban J connectivity index is 1.94. The van der Waals surface area contributed by atoms with E-state index in [1.165, 1.54) is 4.90 Å². The van der Waals surface area contributed by atoms with E-state index in [-0.39, 0.29) is 18.8 Å². The average Bonchev–Trinajstić information content (AvgIpc) is 2.71. The van der Waals surface area contributed by atoms with Gasteiger partial charge in [-0.05, 0) is 10.8 Å². The molecule has 136 valence electrons. The molecule has 1 aromatic heterocycles. The van der Waals surface area contributed by atoms with Crippen LogP contribution in [-0.4, -0.2) is 43.7 Å². The molecule has 2 heterocycles. The summed E-state index contributed by atoms with van der Waals surface area (Å²) in [4.78, 5) is 33.8. The van der Waals surface area contributed by atoms with Crippen molar-refractivity contribution in [3.05, 3.63) is 59.5 Å². The van der Waals surface area contributed by atoms with Crippen LogP contribution in [0.15, 0.2) is 42.5 Å². The minimum atomic E-state index is -1.02. The predicted molar refractivity (Wildman–Crippen MR) is 96.4 cm³/mol. The Morgan fingerprint density at radius 1 is 1.04 bits per heavy atom. The normalized spacial score (nSPS) is 13.3. The van der Waals surface area contributed by atoms with E-state index >= 15 is 0 Å². The third kappa shape index (κ3) is 2.96. The zero-order chi connectivity index (χ0) is 19.0. The Hall–Kier alpha value is -3.52. The topological polar surface area (TPSA) is 116 Å². The van der Waals surface area contributed by atoms with E-state index in [4.69, 9.17) is 5.21 Å². The van der Waals surface area contributed by atoms with Crippen molar-refractivity contribution in [1.82, 2.24) is 20.3 Å². The lowest BCUT2D eigenvalue weighted by atomic mass is 9.99. The van der Waals surface area contributed by atoms with E-state index in [9.17, 15) is 14.7 Å². The molecule has 0 atom stereocenters. The van der Waals surface area contributed by atoms with Crippen LogP contribution in [0.2, 0.25) is 0 Å². The van der Waals surface area contributed by atoms with Gasteiger partial charge in [0.05, 0.1) is 17.9 Å². The minimum Gasteiger partial charge on any atom is -0.465 e. The van der Waals surface area contributed by atoms with Crippen LogP contribution in [0.5, 0.6) is 0 Å². The number of nitrogens with zero attached hydrogens (tertiary/aromatic N) is 3. The second kappa shape index (κ2) is 6.65. The molecule has 0 saturated heterocycles. The molecule has 0 fully saturated rings. The molecule has 1 aliphatic heterocycles. The maximum Gasteiger partial charge on any atom is 0.407 e. The molecule has 0 spiro atoms. The van der Waals surface area contributed by atoms with Crippen molar-refractivity contribution in [2.75, 3.05) is 6.54 Å². The fourth-order valence-electron chi connectivity index (χ4n) is 3.33. The van der Waals surface area contributed by atoms with Crippen molar-refractivity contribution in [2.24, 2.45) is 0 Å². The lowest BCUT2D eigenvalue weighted by molar-refractivity contribution is 0.0700. The number of amides is 2. The maximum atomic E-state index is 12.2. The number of nitrogens with one attached hydrogen (secondary N) is 1. The Morgan fingerprint density at radius 3 is 2.59 bits per heavy atom. The van der Waals surface area contributed by atoms with Gasteiger partial charge in [0.25, 0.3) is 5.91 Å². The van der Waals surface area contributed by atoms with Crippen LogP contribution in [-0.2, 0) is 13.0 Å². The van der Waals surface area contributed by atoms with Crippen LogP contribution in [0.25, 0.3) is 22.0 Å². The SMILES string of the molecule is O=C(NO)c1nc2c(nc1-c1cccc3ccccc13)CN(C(=O)O)CC2.